The molecule has 3 rings (SSSR count). The highest BCUT2D eigenvalue weighted by Gasteiger charge is 2.36. The molecule has 7 heteroatoms. The van der Waals surface area contributed by atoms with Gasteiger partial charge in [-0.25, -0.2) is 9.59 Å². The number of carboxylic acids is 1. The maximum Gasteiger partial charge on any atom is 0.410 e. The standard InChI is InChI=1S/C22H24N2O5/c25-20(23-18(21(26)27)14-16-8-3-1-4-9-16)19-12-7-13-24(19)22(28)29-15-17-10-5-2-6-11-17/h1-6,8-11,18-19H,7,12-15H2,(H,23,25)(H,26,27)/t18-,19-/m1/s1. The van der Waals surface area contributed by atoms with Crippen LogP contribution in [0.2, 0.25) is 0 Å². The van der Waals surface area contributed by atoms with Crippen molar-refractivity contribution in [3.05, 3.63) is 71.8 Å². The summed E-state index contributed by atoms with van der Waals surface area (Å²) in [5.74, 6) is -1.58. The number of carboxylic acid groups (broad SMARTS) is 1. The van der Waals surface area contributed by atoms with Crippen molar-refractivity contribution in [2.75, 3.05) is 6.54 Å². The number of benzene rings is 2. The van der Waals surface area contributed by atoms with Gasteiger partial charge in [0.2, 0.25) is 5.91 Å². The summed E-state index contributed by atoms with van der Waals surface area (Å²) in [4.78, 5) is 38.2. The highest BCUT2D eigenvalue weighted by Crippen LogP contribution is 2.19. The highest BCUT2D eigenvalue weighted by molar-refractivity contribution is 5.89. The Balaban J connectivity index is 1.59. The van der Waals surface area contributed by atoms with Gasteiger partial charge in [-0.1, -0.05) is 60.7 Å². The normalized spacial score (nSPS) is 16.8. The van der Waals surface area contributed by atoms with Gasteiger partial charge in [0.25, 0.3) is 0 Å². The molecule has 1 fully saturated rings. The van der Waals surface area contributed by atoms with E-state index in [2.05, 4.69) is 5.32 Å². The molecule has 0 saturated carbocycles. The van der Waals surface area contributed by atoms with Crippen LogP contribution >= 0.6 is 0 Å². The molecule has 0 bridgehead atoms. The van der Waals surface area contributed by atoms with E-state index in [1.54, 1.807) is 0 Å². The van der Waals surface area contributed by atoms with Crippen molar-refractivity contribution in [1.29, 1.82) is 0 Å². The molecule has 0 aromatic heterocycles. The molecule has 0 aliphatic carbocycles. The van der Waals surface area contributed by atoms with Crippen LogP contribution in [0.15, 0.2) is 60.7 Å². The Morgan fingerprint density at radius 3 is 2.28 bits per heavy atom. The topological polar surface area (TPSA) is 95.9 Å². The van der Waals surface area contributed by atoms with Crippen LogP contribution in [0.5, 0.6) is 0 Å². The van der Waals surface area contributed by atoms with E-state index in [0.29, 0.717) is 19.4 Å². The quantitative estimate of drug-likeness (QED) is 0.750. The molecule has 1 saturated heterocycles. The molecule has 1 aliphatic rings. The minimum atomic E-state index is -1.11. The Kier molecular flexibility index (Phi) is 6.84. The Hall–Kier alpha value is -3.35. The number of ether oxygens (including phenoxy) is 1. The lowest BCUT2D eigenvalue weighted by atomic mass is 10.1. The molecule has 29 heavy (non-hydrogen) atoms. The van der Waals surface area contributed by atoms with Gasteiger partial charge in [0, 0.05) is 13.0 Å². The Morgan fingerprint density at radius 1 is 1.03 bits per heavy atom. The van der Waals surface area contributed by atoms with E-state index in [0.717, 1.165) is 11.1 Å². The van der Waals surface area contributed by atoms with Gasteiger partial charge in [0.15, 0.2) is 0 Å². The van der Waals surface area contributed by atoms with Gasteiger partial charge in [-0.15, -0.1) is 0 Å². The van der Waals surface area contributed by atoms with Crippen molar-refractivity contribution < 1.29 is 24.2 Å². The van der Waals surface area contributed by atoms with Crippen LogP contribution in [0.3, 0.4) is 0 Å². The summed E-state index contributed by atoms with van der Waals surface area (Å²) in [6, 6.07) is 16.6. The molecule has 0 unspecified atom stereocenters. The summed E-state index contributed by atoms with van der Waals surface area (Å²) in [6.45, 7) is 0.526. The van der Waals surface area contributed by atoms with Gasteiger partial charge in [0.05, 0.1) is 0 Å². The fourth-order valence-corrected chi connectivity index (χ4v) is 3.38. The van der Waals surface area contributed by atoms with Crippen molar-refractivity contribution in [3.8, 4) is 0 Å². The zero-order chi connectivity index (χ0) is 20.6. The zero-order valence-electron chi connectivity index (χ0n) is 16.0. The molecule has 2 aromatic rings. The molecule has 1 heterocycles. The molecule has 2 aromatic carbocycles. The molecule has 152 valence electrons. The van der Waals surface area contributed by atoms with E-state index in [-0.39, 0.29) is 13.0 Å². The van der Waals surface area contributed by atoms with Crippen molar-refractivity contribution in [3.63, 3.8) is 0 Å². The third-order valence-corrected chi connectivity index (χ3v) is 4.89. The number of rotatable bonds is 7. The second-order valence-corrected chi connectivity index (χ2v) is 6.98. The van der Waals surface area contributed by atoms with E-state index in [9.17, 15) is 19.5 Å². The van der Waals surface area contributed by atoms with Crippen LogP contribution < -0.4 is 5.32 Å². The lowest BCUT2D eigenvalue weighted by Crippen LogP contribution is -2.51. The second-order valence-electron chi connectivity index (χ2n) is 6.98. The first-order chi connectivity index (χ1) is 14.0. The summed E-state index contributed by atoms with van der Waals surface area (Å²) in [5, 5.41) is 12.1. The highest BCUT2D eigenvalue weighted by atomic mass is 16.6. The number of amides is 2. The van der Waals surface area contributed by atoms with Crippen LogP contribution in [-0.4, -0.2) is 46.6 Å². The molecule has 2 amide bonds. The molecule has 2 N–H and O–H groups in total. The molecule has 7 nitrogen and oxygen atoms in total. The average Bonchev–Trinajstić information content (AvgIpc) is 3.23. The van der Waals surface area contributed by atoms with E-state index in [4.69, 9.17) is 4.74 Å². The molecule has 0 spiro atoms. The fraction of sp³-hybridized carbons (Fsp3) is 0.318. The maximum atomic E-state index is 12.7. The minimum absolute atomic E-state index is 0.121. The second kappa shape index (κ2) is 9.73. The number of carbonyl (C=O) groups is 3. The zero-order valence-corrected chi connectivity index (χ0v) is 16.0. The van der Waals surface area contributed by atoms with Gasteiger partial charge >= 0.3 is 12.1 Å². The summed E-state index contributed by atoms with van der Waals surface area (Å²) in [7, 11) is 0. The van der Waals surface area contributed by atoms with Crippen molar-refractivity contribution >= 4 is 18.0 Å². The van der Waals surface area contributed by atoms with Crippen LogP contribution in [0.4, 0.5) is 4.79 Å². The summed E-state index contributed by atoms with van der Waals surface area (Å²) < 4.78 is 5.33. The predicted octanol–water partition coefficient (Wildman–Crippen LogP) is 2.60. The van der Waals surface area contributed by atoms with Gasteiger partial charge in [-0.2, -0.15) is 0 Å². The molecule has 2 atom stereocenters. The maximum absolute atomic E-state index is 12.7. The van der Waals surface area contributed by atoms with Gasteiger partial charge < -0.3 is 15.2 Å². The lowest BCUT2D eigenvalue weighted by molar-refractivity contribution is -0.142. The minimum Gasteiger partial charge on any atom is -0.480 e. The van der Waals surface area contributed by atoms with Crippen LogP contribution in [-0.2, 0) is 27.4 Å². The summed E-state index contributed by atoms with van der Waals surface area (Å²) >= 11 is 0. The third kappa shape index (κ3) is 5.57. The van der Waals surface area contributed by atoms with E-state index in [1.807, 2.05) is 60.7 Å². The molecule has 1 aliphatic heterocycles. The summed E-state index contributed by atoms with van der Waals surface area (Å²) in [5.41, 5.74) is 1.67. The summed E-state index contributed by atoms with van der Waals surface area (Å²) in [6.07, 6.45) is 0.743. The first-order valence-corrected chi connectivity index (χ1v) is 9.59. The van der Waals surface area contributed by atoms with Crippen molar-refractivity contribution in [1.82, 2.24) is 10.2 Å². The van der Waals surface area contributed by atoms with Gasteiger partial charge in [-0.05, 0) is 24.0 Å². The van der Waals surface area contributed by atoms with Crippen LogP contribution in [0.1, 0.15) is 24.0 Å². The van der Waals surface area contributed by atoms with Crippen molar-refractivity contribution in [2.24, 2.45) is 0 Å². The number of aliphatic carboxylic acids is 1. The number of nitrogens with one attached hydrogen (secondary N) is 1. The first-order valence-electron chi connectivity index (χ1n) is 9.59. The number of carbonyl (C=O) groups excluding carboxylic acids is 2. The predicted molar refractivity (Wildman–Crippen MR) is 106 cm³/mol. The van der Waals surface area contributed by atoms with Crippen LogP contribution in [0, 0.1) is 0 Å². The Bertz CT molecular complexity index is 841. The van der Waals surface area contributed by atoms with Crippen LogP contribution in [0.25, 0.3) is 0 Å². The number of hydrogen-bond acceptors (Lipinski definition) is 4. The van der Waals surface area contributed by atoms with Gasteiger partial charge in [-0.3, -0.25) is 9.69 Å². The largest absolute Gasteiger partial charge is 0.480 e. The Morgan fingerprint density at radius 2 is 1.66 bits per heavy atom. The van der Waals surface area contributed by atoms with E-state index in [1.165, 1.54) is 4.90 Å². The molecule has 0 radical (unpaired) electrons. The SMILES string of the molecule is O=C(N[C@H](Cc1ccccc1)C(=O)O)[C@H]1CCCN1C(=O)OCc1ccccc1. The van der Waals surface area contributed by atoms with Crippen molar-refractivity contribution in [2.45, 2.75) is 38.0 Å². The van der Waals surface area contributed by atoms with E-state index < -0.39 is 30.1 Å². The van der Waals surface area contributed by atoms with Gasteiger partial charge in [0.1, 0.15) is 18.7 Å². The number of hydrogen-bond donors (Lipinski definition) is 2. The number of likely N-dealkylation sites (tertiary alicyclic amines) is 1. The Labute approximate surface area is 169 Å². The molecular weight excluding hydrogens is 372 g/mol. The first kappa shape index (κ1) is 20.4. The monoisotopic (exact) mass is 396 g/mol. The molecular formula is C22H24N2O5. The van der Waals surface area contributed by atoms with E-state index >= 15 is 0 Å². The average molecular weight is 396 g/mol. The smallest absolute Gasteiger partial charge is 0.410 e. The third-order valence-electron chi connectivity index (χ3n) is 4.89. The number of nitrogens with zero attached hydrogens (tertiary/aromatic N) is 1. The lowest BCUT2D eigenvalue weighted by Gasteiger charge is -2.25. The fourth-order valence-electron chi connectivity index (χ4n) is 3.38.